The Bertz CT molecular complexity index is 882. The molecule has 0 radical (unpaired) electrons. The monoisotopic (exact) mass is 357 g/mol. The van der Waals surface area contributed by atoms with Gasteiger partial charge in [0.1, 0.15) is 0 Å². The lowest BCUT2D eigenvalue weighted by Gasteiger charge is -2.32. The minimum Gasteiger partial charge on any atom is -0.392 e. The molecule has 1 N–H and O–H groups in total. The molecule has 2 nitrogen and oxygen atoms in total. The van der Waals surface area contributed by atoms with Crippen LogP contribution >= 0.6 is 0 Å². The molecule has 1 heterocycles. The molecule has 138 valence electrons. The van der Waals surface area contributed by atoms with E-state index in [0.29, 0.717) is 0 Å². The van der Waals surface area contributed by atoms with E-state index in [1.807, 2.05) is 26.0 Å². The van der Waals surface area contributed by atoms with Gasteiger partial charge in [0.25, 0.3) is 0 Å². The molecule has 0 spiro atoms. The minimum absolute atomic E-state index is 0.0910. The summed E-state index contributed by atoms with van der Waals surface area (Å²) in [7, 11) is 0. The average molecular weight is 357 g/mol. The number of aliphatic hydroxyl groups is 1. The summed E-state index contributed by atoms with van der Waals surface area (Å²) in [5.41, 5.74) is 7.35. The van der Waals surface area contributed by atoms with Gasteiger partial charge >= 0.3 is 0 Å². The van der Waals surface area contributed by atoms with E-state index in [2.05, 4.69) is 77.7 Å². The van der Waals surface area contributed by atoms with Crippen LogP contribution in [0.5, 0.6) is 0 Å². The minimum atomic E-state index is 0.0910. The summed E-state index contributed by atoms with van der Waals surface area (Å²) < 4.78 is 0. The topological polar surface area (TPSA) is 23.5 Å². The lowest BCUT2D eigenvalue weighted by molar-refractivity contribution is 0.282. The molecule has 0 atom stereocenters. The zero-order valence-corrected chi connectivity index (χ0v) is 16.1. The summed E-state index contributed by atoms with van der Waals surface area (Å²) >= 11 is 0. The molecule has 0 bridgehead atoms. The summed E-state index contributed by atoms with van der Waals surface area (Å²) in [6, 6.07) is 27.4. The fourth-order valence-corrected chi connectivity index (χ4v) is 3.36. The Hall–Kier alpha value is -2.84. The lowest BCUT2D eigenvalue weighted by atomic mass is 9.96. The van der Waals surface area contributed by atoms with Crippen LogP contribution in [0, 0.1) is 0 Å². The van der Waals surface area contributed by atoms with Crippen LogP contribution in [-0.4, -0.2) is 11.7 Å². The molecule has 0 aromatic heterocycles. The number of rotatable bonds is 4. The van der Waals surface area contributed by atoms with Crippen molar-refractivity contribution in [1.29, 1.82) is 0 Å². The first-order chi connectivity index (χ1) is 13.3. The first-order valence-corrected chi connectivity index (χ1v) is 9.62. The van der Waals surface area contributed by atoms with Crippen LogP contribution in [-0.2, 0) is 13.2 Å². The maximum Gasteiger partial charge on any atom is 0.0681 e. The summed E-state index contributed by atoms with van der Waals surface area (Å²) in [6.07, 6.45) is 2.30. The standard InChI is InChI=1S/C23H21NO.C2H6/c25-17-19-12-10-18(11-13-19)15-24-16-22(20-6-2-1-3-7-20)14-21-8-4-5-9-23(21)24;1-2/h1-14,25H,15-17H2;1-2H3. The van der Waals surface area contributed by atoms with Crippen LogP contribution in [0.2, 0.25) is 0 Å². The third kappa shape index (κ3) is 4.47. The van der Waals surface area contributed by atoms with Gasteiger partial charge in [-0.1, -0.05) is 86.6 Å². The third-order valence-electron chi connectivity index (χ3n) is 4.69. The van der Waals surface area contributed by atoms with Gasteiger partial charge in [0.05, 0.1) is 6.61 Å². The second kappa shape index (κ2) is 9.20. The number of fused-ring (bicyclic) bond motifs is 1. The molecule has 0 fully saturated rings. The van der Waals surface area contributed by atoms with Crippen molar-refractivity contribution in [3.05, 3.63) is 101 Å². The molecule has 0 saturated carbocycles. The predicted octanol–water partition coefficient (Wildman–Crippen LogP) is 5.77. The van der Waals surface area contributed by atoms with Crippen molar-refractivity contribution in [3.8, 4) is 0 Å². The van der Waals surface area contributed by atoms with E-state index < -0.39 is 0 Å². The van der Waals surface area contributed by atoms with Crippen LogP contribution in [0.4, 0.5) is 5.69 Å². The summed E-state index contributed by atoms with van der Waals surface area (Å²) in [5, 5.41) is 9.22. The first kappa shape index (κ1) is 18.9. The summed E-state index contributed by atoms with van der Waals surface area (Å²) in [5.74, 6) is 0. The molecule has 0 amide bonds. The second-order valence-electron chi connectivity index (χ2n) is 6.43. The van der Waals surface area contributed by atoms with E-state index in [1.54, 1.807) is 0 Å². The Labute approximate surface area is 162 Å². The van der Waals surface area contributed by atoms with Gasteiger partial charge in [-0.3, -0.25) is 0 Å². The van der Waals surface area contributed by atoms with Crippen LogP contribution in [0.25, 0.3) is 11.6 Å². The molecule has 3 aromatic rings. The Morgan fingerprint density at radius 1 is 0.778 bits per heavy atom. The zero-order valence-electron chi connectivity index (χ0n) is 16.1. The molecule has 4 rings (SSSR count). The van der Waals surface area contributed by atoms with Gasteiger partial charge in [0.15, 0.2) is 0 Å². The highest BCUT2D eigenvalue weighted by Gasteiger charge is 2.18. The first-order valence-electron chi connectivity index (χ1n) is 9.62. The normalized spacial score (nSPS) is 12.6. The van der Waals surface area contributed by atoms with Gasteiger partial charge in [0, 0.05) is 18.8 Å². The molecular weight excluding hydrogens is 330 g/mol. The fraction of sp³-hybridized carbons (Fsp3) is 0.200. The number of aliphatic hydroxyl groups excluding tert-OH is 1. The molecule has 0 saturated heterocycles. The van der Waals surface area contributed by atoms with Crippen molar-refractivity contribution in [1.82, 2.24) is 0 Å². The predicted molar refractivity (Wildman–Crippen MR) is 116 cm³/mol. The number of hydrogen-bond acceptors (Lipinski definition) is 2. The van der Waals surface area contributed by atoms with E-state index >= 15 is 0 Å². The fourth-order valence-electron chi connectivity index (χ4n) is 3.36. The van der Waals surface area contributed by atoms with Gasteiger partial charge in [0.2, 0.25) is 0 Å². The van der Waals surface area contributed by atoms with E-state index in [9.17, 15) is 5.11 Å². The molecule has 1 aliphatic heterocycles. The maximum atomic E-state index is 9.22. The lowest BCUT2D eigenvalue weighted by Crippen LogP contribution is -2.27. The van der Waals surface area contributed by atoms with Crippen molar-refractivity contribution < 1.29 is 5.11 Å². The van der Waals surface area contributed by atoms with Crippen molar-refractivity contribution >= 4 is 17.3 Å². The molecular formula is C25H27NO. The highest BCUT2D eigenvalue weighted by Crippen LogP contribution is 2.33. The Morgan fingerprint density at radius 2 is 1.41 bits per heavy atom. The van der Waals surface area contributed by atoms with Gasteiger partial charge < -0.3 is 10.0 Å². The van der Waals surface area contributed by atoms with E-state index in [1.165, 1.54) is 28.0 Å². The van der Waals surface area contributed by atoms with Gasteiger partial charge in [-0.25, -0.2) is 0 Å². The Kier molecular flexibility index (Phi) is 6.45. The van der Waals surface area contributed by atoms with Gasteiger partial charge in [-0.2, -0.15) is 0 Å². The van der Waals surface area contributed by atoms with Crippen LogP contribution in [0.3, 0.4) is 0 Å². The highest BCUT2D eigenvalue weighted by molar-refractivity contribution is 5.91. The van der Waals surface area contributed by atoms with Crippen molar-refractivity contribution in [2.24, 2.45) is 0 Å². The van der Waals surface area contributed by atoms with Crippen LogP contribution < -0.4 is 4.90 Å². The number of hydrogen-bond donors (Lipinski definition) is 1. The molecule has 0 aliphatic carbocycles. The van der Waals surface area contributed by atoms with Gasteiger partial charge in [-0.15, -0.1) is 0 Å². The van der Waals surface area contributed by atoms with Crippen LogP contribution in [0.15, 0.2) is 78.9 Å². The van der Waals surface area contributed by atoms with E-state index in [-0.39, 0.29) is 6.61 Å². The number of anilines is 1. The number of para-hydroxylation sites is 1. The largest absolute Gasteiger partial charge is 0.392 e. The number of benzene rings is 3. The molecule has 3 aromatic carbocycles. The smallest absolute Gasteiger partial charge is 0.0681 e. The highest BCUT2D eigenvalue weighted by atomic mass is 16.3. The third-order valence-corrected chi connectivity index (χ3v) is 4.69. The quantitative estimate of drug-likeness (QED) is 0.641. The van der Waals surface area contributed by atoms with E-state index in [4.69, 9.17) is 0 Å². The summed E-state index contributed by atoms with van der Waals surface area (Å²) in [6.45, 7) is 5.84. The molecule has 1 aliphatic rings. The average Bonchev–Trinajstić information content (AvgIpc) is 2.76. The Morgan fingerprint density at radius 3 is 2.11 bits per heavy atom. The Balaban J connectivity index is 0.00000102. The van der Waals surface area contributed by atoms with Crippen molar-refractivity contribution in [3.63, 3.8) is 0 Å². The maximum absolute atomic E-state index is 9.22. The molecule has 0 unspecified atom stereocenters. The number of nitrogens with zero attached hydrogens (tertiary/aromatic N) is 1. The SMILES string of the molecule is CC.OCc1ccc(CN2CC(c3ccccc3)=Cc3ccccc32)cc1. The molecule has 2 heteroatoms. The zero-order chi connectivity index (χ0) is 19.1. The van der Waals surface area contributed by atoms with Crippen molar-refractivity contribution in [2.45, 2.75) is 27.0 Å². The van der Waals surface area contributed by atoms with E-state index in [0.717, 1.165) is 18.7 Å². The van der Waals surface area contributed by atoms with Crippen molar-refractivity contribution in [2.75, 3.05) is 11.4 Å². The summed E-state index contributed by atoms with van der Waals surface area (Å²) in [4.78, 5) is 2.42. The molecule has 27 heavy (non-hydrogen) atoms. The van der Waals surface area contributed by atoms with Gasteiger partial charge in [-0.05, 0) is 40.0 Å². The van der Waals surface area contributed by atoms with Crippen LogP contribution in [0.1, 0.15) is 36.1 Å². The second-order valence-corrected chi connectivity index (χ2v) is 6.43.